The maximum atomic E-state index is 12.0. The zero-order chi connectivity index (χ0) is 15.0. The minimum Gasteiger partial charge on any atom is -0.481 e. The fourth-order valence-electron chi connectivity index (χ4n) is 2.50. The molecule has 3 rings (SSSR count). The molecule has 1 amide bonds. The minimum absolute atomic E-state index is 0.248. The molecule has 1 fully saturated rings. The number of aryl methyl sites for hydroxylation is 1. The monoisotopic (exact) mass is 306 g/mol. The zero-order valence-corrected chi connectivity index (χ0v) is 12.2. The molecule has 21 heavy (non-hydrogen) atoms. The number of thiophene rings is 1. The summed E-state index contributed by atoms with van der Waals surface area (Å²) in [6.45, 7) is 2.98. The molecular weight excluding hydrogens is 292 g/mol. The normalized spacial score (nSPS) is 18.8. The van der Waals surface area contributed by atoms with Crippen molar-refractivity contribution >= 4 is 39.2 Å². The highest BCUT2D eigenvalue weighted by atomic mass is 32.1. The number of carbonyl (C=O) groups excluding carboxylic acids is 1. The fourth-order valence-corrected chi connectivity index (χ4v) is 3.51. The van der Waals surface area contributed by atoms with Crippen molar-refractivity contribution in [2.75, 3.05) is 18.0 Å². The summed E-state index contributed by atoms with van der Waals surface area (Å²) in [5, 5.41) is 13.7. The highest BCUT2D eigenvalue weighted by Gasteiger charge is 2.33. The highest BCUT2D eigenvalue weighted by molar-refractivity contribution is 7.18. The van der Waals surface area contributed by atoms with Crippen molar-refractivity contribution in [1.82, 2.24) is 15.3 Å². The summed E-state index contributed by atoms with van der Waals surface area (Å²) in [6, 6.07) is -0.739. The first kappa shape index (κ1) is 13.7. The predicted molar refractivity (Wildman–Crippen MR) is 78.5 cm³/mol. The minimum atomic E-state index is -1.00. The summed E-state index contributed by atoms with van der Waals surface area (Å²) < 4.78 is 0.889. The summed E-state index contributed by atoms with van der Waals surface area (Å²) in [5.74, 6) is -0.641. The number of hydrogen-bond acceptors (Lipinski definition) is 6. The molecular formula is C13H14N4O3S. The van der Waals surface area contributed by atoms with Crippen LogP contribution < -0.4 is 10.2 Å². The summed E-state index contributed by atoms with van der Waals surface area (Å²) in [7, 11) is 0. The van der Waals surface area contributed by atoms with Gasteiger partial charge in [-0.05, 0) is 17.9 Å². The molecule has 1 unspecified atom stereocenters. The van der Waals surface area contributed by atoms with Crippen LogP contribution in [0.4, 0.5) is 5.82 Å². The number of piperazine rings is 1. The van der Waals surface area contributed by atoms with Crippen LogP contribution in [0, 0.1) is 6.92 Å². The Morgan fingerprint density at radius 1 is 1.57 bits per heavy atom. The van der Waals surface area contributed by atoms with E-state index in [4.69, 9.17) is 5.11 Å². The number of hydrogen-bond donors (Lipinski definition) is 2. The Hall–Kier alpha value is -2.22. The van der Waals surface area contributed by atoms with Crippen LogP contribution in [0.25, 0.3) is 10.2 Å². The van der Waals surface area contributed by atoms with Crippen LogP contribution in [0.3, 0.4) is 0 Å². The number of rotatable bonds is 3. The molecule has 110 valence electrons. The van der Waals surface area contributed by atoms with Gasteiger partial charge in [-0.25, -0.2) is 9.97 Å². The Bertz CT molecular complexity index is 715. The van der Waals surface area contributed by atoms with Gasteiger partial charge in [0.2, 0.25) is 5.91 Å². The predicted octanol–water partition coefficient (Wildman–Crippen LogP) is 0.779. The van der Waals surface area contributed by atoms with E-state index in [1.165, 1.54) is 17.7 Å². The summed E-state index contributed by atoms with van der Waals surface area (Å²) in [4.78, 5) is 33.3. The summed E-state index contributed by atoms with van der Waals surface area (Å²) >= 11 is 1.51. The van der Waals surface area contributed by atoms with Gasteiger partial charge in [-0.1, -0.05) is 0 Å². The van der Waals surface area contributed by atoms with E-state index in [9.17, 15) is 9.59 Å². The first-order chi connectivity index (χ1) is 10.1. The second-order valence-electron chi connectivity index (χ2n) is 4.89. The van der Waals surface area contributed by atoms with E-state index in [-0.39, 0.29) is 12.3 Å². The lowest BCUT2D eigenvalue weighted by molar-refractivity contribution is -0.139. The van der Waals surface area contributed by atoms with E-state index in [0.29, 0.717) is 18.9 Å². The number of carboxylic acids is 1. The first-order valence-electron chi connectivity index (χ1n) is 6.53. The maximum Gasteiger partial charge on any atom is 0.305 e. The number of anilines is 1. The number of carbonyl (C=O) groups is 2. The molecule has 0 saturated carbocycles. The van der Waals surface area contributed by atoms with Crippen molar-refractivity contribution < 1.29 is 14.7 Å². The fraction of sp³-hybridized carbons (Fsp3) is 0.385. The lowest BCUT2D eigenvalue weighted by Crippen LogP contribution is -2.56. The van der Waals surface area contributed by atoms with Crippen molar-refractivity contribution in [3.63, 3.8) is 0 Å². The van der Waals surface area contributed by atoms with Gasteiger partial charge in [-0.2, -0.15) is 0 Å². The summed E-state index contributed by atoms with van der Waals surface area (Å²) in [6.07, 6.45) is 1.21. The van der Waals surface area contributed by atoms with Gasteiger partial charge in [-0.15, -0.1) is 11.3 Å². The van der Waals surface area contributed by atoms with E-state index < -0.39 is 12.0 Å². The Balaban J connectivity index is 2.06. The van der Waals surface area contributed by atoms with Gasteiger partial charge < -0.3 is 15.3 Å². The van der Waals surface area contributed by atoms with E-state index in [1.54, 1.807) is 4.90 Å². The van der Waals surface area contributed by atoms with E-state index >= 15 is 0 Å². The van der Waals surface area contributed by atoms with Crippen LogP contribution in [0.15, 0.2) is 11.7 Å². The number of nitrogens with zero attached hydrogens (tertiary/aromatic N) is 3. The third kappa shape index (κ3) is 2.42. The second kappa shape index (κ2) is 5.28. The van der Waals surface area contributed by atoms with Crippen molar-refractivity contribution in [2.45, 2.75) is 19.4 Å². The lowest BCUT2D eigenvalue weighted by Gasteiger charge is -2.35. The van der Waals surface area contributed by atoms with Gasteiger partial charge in [0.1, 0.15) is 12.4 Å². The van der Waals surface area contributed by atoms with Crippen LogP contribution >= 0.6 is 11.3 Å². The third-order valence-electron chi connectivity index (χ3n) is 3.48. The van der Waals surface area contributed by atoms with Gasteiger partial charge in [-0.3, -0.25) is 9.59 Å². The standard InChI is InChI=1S/C13H14N4O3S/c1-7-5-21-11-10(7)15-6-16-12(11)17-3-2-14-13(20)8(17)4-9(18)19/h5-6,8H,2-4H2,1H3,(H,14,20)(H,18,19). The molecule has 3 heterocycles. The molecule has 7 nitrogen and oxygen atoms in total. The molecule has 0 aliphatic carbocycles. The Kier molecular flexibility index (Phi) is 3.46. The topological polar surface area (TPSA) is 95.4 Å². The number of aliphatic carboxylic acids is 1. The summed E-state index contributed by atoms with van der Waals surface area (Å²) in [5.41, 5.74) is 1.90. The Labute approximate surface area is 124 Å². The van der Waals surface area contributed by atoms with Gasteiger partial charge in [0, 0.05) is 13.1 Å². The molecule has 1 saturated heterocycles. The average Bonchev–Trinajstić information content (AvgIpc) is 2.83. The molecule has 1 aliphatic rings. The maximum absolute atomic E-state index is 12.0. The number of nitrogens with one attached hydrogen (secondary N) is 1. The third-order valence-corrected chi connectivity index (χ3v) is 4.57. The molecule has 1 aliphatic heterocycles. The van der Waals surface area contributed by atoms with E-state index in [0.717, 1.165) is 15.8 Å². The molecule has 0 radical (unpaired) electrons. The Morgan fingerprint density at radius 3 is 3.14 bits per heavy atom. The van der Waals surface area contributed by atoms with Gasteiger partial charge in [0.25, 0.3) is 0 Å². The van der Waals surface area contributed by atoms with E-state index in [2.05, 4.69) is 15.3 Å². The van der Waals surface area contributed by atoms with Crippen molar-refractivity contribution in [1.29, 1.82) is 0 Å². The van der Waals surface area contributed by atoms with E-state index in [1.807, 2.05) is 12.3 Å². The molecule has 0 aromatic carbocycles. The molecule has 0 bridgehead atoms. The molecule has 1 atom stereocenters. The number of aromatic nitrogens is 2. The smallest absolute Gasteiger partial charge is 0.305 e. The van der Waals surface area contributed by atoms with Crippen molar-refractivity contribution in [2.24, 2.45) is 0 Å². The molecule has 2 N–H and O–H groups in total. The lowest BCUT2D eigenvalue weighted by atomic mass is 10.1. The number of carboxylic acid groups (broad SMARTS) is 1. The van der Waals surface area contributed by atoms with Gasteiger partial charge in [0.05, 0.1) is 16.6 Å². The van der Waals surface area contributed by atoms with Gasteiger partial charge >= 0.3 is 5.97 Å². The average molecular weight is 306 g/mol. The Morgan fingerprint density at radius 2 is 2.38 bits per heavy atom. The van der Waals surface area contributed by atoms with Crippen LogP contribution in [-0.4, -0.2) is 46.1 Å². The SMILES string of the molecule is Cc1csc2c(N3CCNC(=O)C3CC(=O)O)ncnc12. The van der Waals surface area contributed by atoms with Crippen LogP contribution in [0.1, 0.15) is 12.0 Å². The molecule has 8 heteroatoms. The van der Waals surface area contributed by atoms with Crippen molar-refractivity contribution in [3.8, 4) is 0 Å². The largest absolute Gasteiger partial charge is 0.481 e. The highest BCUT2D eigenvalue weighted by Crippen LogP contribution is 2.32. The van der Waals surface area contributed by atoms with Crippen LogP contribution in [-0.2, 0) is 9.59 Å². The van der Waals surface area contributed by atoms with Gasteiger partial charge in [0.15, 0.2) is 5.82 Å². The quantitative estimate of drug-likeness (QED) is 0.870. The van der Waals surface area contributed by atoms with Crippen molar-refractivity contribution in [3.05, 3.63) is 17.3 Å². The van der Waals surface area contributed by atoms with Crippen LogP contribution in [0.2, 0.25) is 0 Å². The molecule has 0 spiro atoms. The zero-order valence-electron chi connectivity index (χ0n) is 11.4. The first-order valence-corrected chi connectivity index (χ1v) is 7.41. The molecule has 2 aromatic rings. The second-order valence-corrected chi connectivity index (χ2v) is 5.77. The number of fused-ring (bicyclic) bond motifs is 1. The molecule has 2 aromatic heterocycles. The number of amides is 1. The van der Waals surface area contributed by atoms with Crippen LogP contribution in [0.5, 0.6) is 0 Å².